The number of nitrogens with one attached hydrogen (secondary N) is 1. The van der Waals surface area contributed by atoms with E-state index in [1.54, 1.807) is 13.4 Å². The van der Waals surface area contributed by atoms with E-state index in [0.717, 1.165) is 37.8 Å². The molecule has 1 aromatic heterocycles. The van der Waals surface area contributed by atoms with E-state index in [4.69, 9.17) is 9.15 Å². The van der Waals surface area contributed by atoms with E-state index in [1.165, 1.54) is 12.8 Å². The molecular formula is C12H19N3O2. The van der Waals surface area contributed by atoms with Crippen LogP contribution in [-0.4, -0.2) is 37.3 Å². The van der Waals surface area contributed by atoms with E-state index in [9.17, 15) is 0 Å². The molecule has 0 bridgehead atoms. The lowest BCUT2D eigenvalue weighted by Crippen LogP contribution is -2.22. The minimum atomic E-state index is 0.315. The second kappa shape index (κ2) is 4.66. The molecule has 0 aromatic carbocycles. The van der Waals surface area contributed by atoms with Crippen LogP contribution in [-0.2, 0) is 11.3 Å². The number of hydrogen-bond donors (Lipinski definition) is 1. The lowest BCUT2D eigenvalue weighted by atomic mass is 10.3. The first kappa shape index (κ1) is 11.0. The van der Waals surface area contributed by atoms with Gasteiger partial charge < -0.3 is 19.4 Å². The van der Waals surface area contributed by atoms with Crippen molar-refractivity contribution >= 4 is 6.01 Å². The van der Waals surface area contributed by atoms with Crippen LogP contribution in [0, 0.1) is 0 Å². The zero-order valence-electron chi connectivity index (χ0n) is 10.2. The Kier molecular flexibility index (Phi) is 3.03. The van der Waals surface area contributed by atoms with Gasteiger partial charge in [-0.05, 0) is 19.3 Å². The number of aromatic nitrogens is 1. The van der Waals surface area contributed by atoms with Crippen LogP contribution in [0.25, 0.3) is 0 Å². The third kappa shape index (κ3) is 2.61. The quantitative estimate of drug-likeness (QED) is 0.832. The average Bonchev–Trinajstić information content (AvgIpc) is 2.89. The van der Waals surface area contributed by atoms with Gasteiger partial charge in [0.2, 0.25) is 0 Å². The highest BCUT2D eigenvalue weighted by molar-refractivity contribution is 5.29. The largest absolute Gasteiger partial charge is 0.432 e. The summed E-state index contributed by atoms with van der Waals surface area (Å²) in [4.78, 5) is 6.65. The molecule has 3 rings (SSSR count). The Bertz CT molecular complexity index is 376. The Morgan fingerprint density at radius 2 is 2.41 bits per heavy atom. The molecule has 0 radical (unpaired) electrons. The molecular weight excluding hydrogens is 218 g/mol. The molecule has 1 N–H and O–H groups in total. The Morgan fingerprint density at radius 1 is 1.53 bits per heavy atom. The van der Waals surface area contributed by atoms with Crippen LogP contribution >= 0.6 is 0 Å². The molecule has 94 valence electrons. The van der Waals surface area contributed by atoms with Gasteiger partial charge in [0.1, 0.15) is 6.26 Å². The lowest BCUT2D eigenvalue weighted by molar-refractivity contribution is 0.121. The smallest absolute Gasteiger partial charge is 0.297 e. The minimum Gasteiger partial charge on any atom is -0.432 e. The van der Waals surface area contributed by atoms with Gasteiger partial charge in [-0.1, -0.05) is 0 Å². The Labute approximate surface area is 101 Å². The Hall–Kier alpha value is -1.07. The number of anilines is 1. The predicted octanol–water partition coefficient (Wildman–Crippen LogP) is 1.15. The summed E-state index contributed by atoms with van der Waals surface area (Å²) >= 11 is 0. The molecule has 2 aliphatic rings. The highest BCUT2D eigenvalue weighted by Crippen LogP contribution is 2.22. The third-order valence-electron chi connectivity index (χ3n) is 3.44. The fraction of sp³-hybridized carbons (Fsp3) is 0.750. The Balaban J connectivity index is 1.56. The number of rotatable bonds is 5. The number of nitrogens with zero attached hydrogens (tertiary/aromatic N) is 2. The molecule has 5 nitrogen and oxygen atoms in total. The second-order valence-electron chi connectivity index (χ2n) is 4.87. The molecule has 1 saturated heterocycles. The fourth-order valence-electron chi connectivity index (χ4n) is 2.15. The molecule has 1 unspecified atom stereocenters. The topological polar surface area (TPSA) is 50.5 Å². The molecule has 0 amide bonds. The van der Waals surface area contributed by atoms with Gasteiger partial charge >= 0.3 is 0 Å². The van der Waals surface area contributed by atoms with E-state index >= 15 is 0 Å². The van der Waals surface area contributed by atoms with Crippen molar-refractivity contribution in [3.63, 3.8) is 0 Å². The summed E-state index contributed by atoms with van der Waals surface area (Å²) < 4.78 is 10.8. The van der Waals surface area contributed by atoms with Gasteiger partial charge in [0.05, 0.1) is 11.8 Å². The van der Waals surface area contributed by atoms with Gasteiger partial charge in [0, 0.05) is 32.8 Å². The first-order chi connectivity index (χ1) is 8.35. The molecule has 1 saturated carbocycles. The number of methoxy groups -OCH3 is 1. The summed E-state index contributed by atoms with van der Waals surface area (Å²) in [6.07, 6.45) is 5.72. The van der Waals surface area contributed by atoms with Crippen molar-refractivity contribution in [3.05, 3.63) is 12.0 Å². The van der Waals surface area contributed by atoms with Gasteiger partial charge in [0.25, 0.3) is 6.01 Å². The Morgan fingerprint density at radius 3 is 3.12 bits per heavy atom. The van der Waals surface area contributed by atoms with Crippen LogP contribution in [0.2, 0.25) is 0 Å². The van der Waals surface area contributed by atoms with Crippen LogP contribution in [0.4, 0.5) is 6.01 Å². The maximum Gasteiger partial charge on any atom is 0.297 e. The predicted molar refractivity (Wildman–Crippen MR) is 64.0 cm³/mol. The van der Waals surface area contributed by atoms with Gasteiger partial charge in [0.15, 0.2) is 0 Å². The maximum absolute atomic E-state index is 5.51. The first-order valence-electron chi connectivity index (χ1n) is 6.30. The zero-order chi connectivity index (χ0) is 11.7. The fourth-order valence-corrected chi connectivity index (χ4v) is 2.15. The molecule has 1 aliphatic carbocycles. The van der Waals surface area contributed by atoms with E-state index in [2.05, 4.69) is 15.2 Å². The highest BCUT2D eigenvalue weighted by atomic mass is 16.5. The van der Waals surface area contributed by atoms with Gasteiger partial charge in [-0.3, -0.25) is 0 Å². The van der Waals surface area contributed by atoms with Gasteiger partial charge in [-0.2, -0.15) is 4.98 Å². The second-order valence-corrected chi connectivity index (χ2v) is 4.87. The highest BCUT2D eigenvalue weighted by Gasteiger charge is 2.26. The van der Waals surface area contributed by atoms with E-state index in [1.807, 2.05) is 0 Å². The number of oxazole rings is 1. The molecule has 1 aromatic rings. The summed E-state index contributed by atoms with van der Waals surface area (Å²) in [5.74, 6) is 0. The minimum absolute atomic E-state index is 0.315. The molecule has 1 atom stereocenters. The molecule has 0 spiro atoms. The van der Waals surface area contributed by atoms with Crippen molar-refractivity contribution < 1.29 is 9.15 Å². The standard InChI is InChI=1S/C12H19N3O2/c1-16-11-4-5-15(7-11)12-14-10(8-17-12)6-13-9-2-3-9/h8-9,11,13H,2-7H2,1H3. The number of hydrogen-bond acceptors (Lipinski definition) is 5. The van der Waals surface area contributed by atoms with Crippen molar-refractivity contribution in [2.75, 3.05) is 25.1 Å². The van der Waals surface area contributed by atoms with Crippen LogP contribution in [0.5, 0.6) is 0 Å². The number of ether oxygens (including phenoxy) is 1. The van der Waals surface area contributed by atoms with Crippen LogP contribution in [0.1, 0.15) is 25.0 Å². The van der Waals surface area contributed by atoms with Crippen molar-refractivity contribution in [2.45, 2.75) is 38.0 Å². The average molecular weight is 237 g/mol. The molecule has 5 heteroatoms. The van der Waals surface area contributed by atoms with Crippen molar-refractivity contribution in [3.8, 4) is 0 Å². The van der Waals surface area contributed by atoms with E-state index in [0.29, 0.717) is 12.1 Å². The van der Waals surface area contributed by atoms with Gasteiger partial charge in [-0.15, -0.1) is 0 Å². The molecule has 1 aliphatic heterocycles. The summed E-state index contributed by atoms with van der Waals surface area (Å²) in [5, 5.41) is 3.43. The summed E-state index contributed by atoms with van der Waals surface area (Å²) in [5.41, 5.74) is 0.993. The summed E-state index contributed by atoms with van der Waals surface area (Å²) in [7, 11) is 1.76. The van der Waals surface area contributed by atoms with E-state index < -0.39 is 0 Å². The zero-order valence-corrected chi connectivity index (χ0v) is 10.2. The van der Waals surface area contributed by atoms with Gasteiger partial charge in [-0.25, -0.2) is 0 Å². The van der Waals surface area contributed by atoms with Crippen molar-refractivity contribution in [2.24, 2.45) is 0 Å². The normalized spacial score (nSPS) is 24.5. The summed E-state index contributed by atoms with van der Waals surface area (Å²) in [6.45, 7) is 2.66. The summed E-state index contributed by atoms with van der Waals surface area (Å²) in [6, 6.07) is 1.44. The van der Waals surface area contributed by atoms with Crippen LogP contribution in [0.3, 0.4) is 0 Å². The third-order valence-corrected chi connectivity index (χ3v) is 3.44. The maximum atomic E-state index is 5.51. The van der Waals surface area contributed by atoms with Crippen molar-refractivity contribution in [1.29, 1.82) is 0 Å². The molecule has 2 heterocycles. The van der Waals surface area contributed by atoms with Crippen molar-refractivity contribution in [1.82, 2.24) is 10.3 Å². The molecule has 17 heavy (non-hydrogen) atoms. The van der Waals surface area contributed by atoms with E-state index in [-0.39, 0.29) is 0 Å². The van der Waals surface area contributed by atoms with Crippen LogP contribution in [0.15, 0.2) is 10.7 Å². The molecule has 2 fully saturated rings. The SMILES string of the molecule is COC1CCN(c2nc(CNC3CC3)co2)C1. The monoisotopic (exact) mass is 237 g/mol. The lowest BCUT2D eigenvalue weighted by Gasteiger charge is -2.12. The van der Waals surface area contributed by atoms with Crippen LogP contribution < -0.4 is 10.2 Å². The first-order valence-corrected chi connectivity index (χ1v) is 6.30.